The van der Waals surface area contributed by atoms with E-state index in [0.717, 1.165) is 10.6 Å². The van der Waals surface area contributed by atoms with Crippen molar-refractivity contribution < 1.29 is 23.0 Å². The van der Waals surface area contributed by atoms with E-state index in [1.165, 1.54) is 12.1 Å². The number of amides is 1. The van der Waals surface area contributed by atoms with E-state index in [1.807, 2.05) is 19.1 Å². The molecule has 0 fully saturated rings. The van der Waals surface area contributed by atoms with Crippen LogP contribution in [0.1, 0.15) is 17.3 Å². The van der Waals surface area contributed by atoms with Gasteiger partial charge in [-0.25, -0.2) is 0 Å². The average Bonchev–Trinajstić information content (AvgIpc) is 2.75. The summed E-state index contributed by atoms with van der Waals surface area (Å²) in [6.45, 7) is -0.942. The average molecular weight is 429 g/mol. The fourth-order valence-electron chi connectivity index (χ4n) is 2.94. The zero-order valence-corrected chi connectivity index (χ0v) is 17.3. The quantitative estimate of drug-likeness (QED) is 0.425. The third-order valence-electron chi connectivity index (χ3n) is 4.29. The number of halogens is 2. The van der Waals surface area contributed by atoms with Crippen molar-refractivity contribution >= 4 is 23.4 Å². The normalized spacial score (nSPS) is 10.7. The SMILES string of the molecule is CCSc1ccccc1C(=O)Nc1ccc(OC(F)F)c(-c2ccc(OC)cc2)c1. The van der Waals surface area contributed by atoms with Crippen LogP contribution in [0.15, 0.2) is 71.6 Å². The van der Waals surface area contributed by atoms with Crippen LogP contribution in [0.25, 0.3) is 11.1 Å². The molecule has 0 aliphatic heterocycles. The first kappa shape index (κ1) is 21.6. The molecule has 0 spiro atoms. The molecule has 0 unspecified atom stereocenters. The Hall–Kier alpha value is -3.06. The van der Waals surface area contributed by atoms with Crippen LogP contribution in [0.5, 0.6) is 11.5 Å². The van der Waals surface area contributed by atoms with Crippen LogP contribution >= 0.6 is 11.8 Å². The van der Waals surface area contributed by atoms with E-state index in [4.69, 9.17) is 4.74 Å². The standard InChI is InChI=1S/C23H21F2NO3S/c1-3-30-21-7-5-4-6-18(21)22(27)26-16-10-13-20(29-23(24)25)19(14-16)15-8-11-17(28-2)12-9-15/h4-14,23H,3H2,1-2H3,(H,26,27). The number of ether oxygens (including phenoxy) is 2. The Balaban J connectivity index is 1.93. The number of nitrogens with one attached hydrogen (secondary N) is 1. The van der Waals surface area contributed by atoms with Crippen molar-refractivity contribution in [3.63, 3.8) is 0 Å². The lowest BCUT2D eigenvalue weighted by Gasteiger charge is -2.14. The van der Waals surface area contributed by atoms with E-state index >= 15 is 0 Å². The zero-order chi connectivity index (χ0) is 21.5. The fraction of sp³-hybridized carbons (Fsp3) is 0.174. The van der Waals surface area contributed by atoms with Gasteiger partial charge in [-0.05, 0) is 53.8 Å². The third kappa shape index (κ3) is 5.30. The van der Waals surface area contributed by atoms with E-state index in [2.05, 4.69) is 10.1 Å². The lowest BCUT2D eigenvalue weighted by Crippen LogP contribution is -2.13. The molecule has 0 atom stereocenters. The Kier molecular flexibility index (Phi) is 7.30. The largest absolute Gasteiger partial charge is 0.497 e. The summed E-state index contributed by atoms with van der Waals surface area (Å²) < 4.78 is 35.6. The monoisotopic (exact) mass is 429 g/mol. The number of methoxy groups -OCH3 is 1. The van der Waals surface area contributed by atoms with E-state index in [1.54, 1.807) is 61.3 Å². The van der Waals surface area contributed by atoms with Crippen LogP contribution in [-0.4, -0.2) is 25.4 Å². The van der Waals surface area contributed by atoms with Gasteiger partial charge in [-0.3, -0.25) is 4.79 Å². The van der Waals surface area contributed by atoms with Crippen molar-refractivity contribution in [1.29, 1.82) is 0 Å². The summed E-state index contributed by atoms with van der Waals surface area (Å²) in [5.41, 5.74) is 2.13. The minimum Gasteiger partial charge on any atom is -0.497 e. The van der Waals surface area contributed by atoms with Crippen LogP contribution in [0, 0.1) is 0 Å². The maximum absolute atomic E-state index is 12.9. The maximum atomic E-state index is 12.9. The summed E-state index contributed by atoms with van der Waals surface area (Å²) in [4.78, 5) is 13.7. The van der Waals surface area contributed by atoms with Crippen molar-refractivity contribution in [3.8, 4) is 22.6 Å². The highest BCUT2D eigenvalue weighted by atomic mass is 32.2. The number of carbonyl (C=O) groups excluding carboxylic acids is 1. The second-order valence-electron chi connectivity index (χ2n) is 6.20. The van der Waals surface area contributed by atoms with Crippen LogP contribution in [0.4, 0.5) is 14.5 Å². The Labute approximate surface area is 178 Å². The number of anilines is 1. The summed E-state index contributed by atoms with van der Waals surface area (Å²) in [7, 11) is 1.55. The Morgan fingerprint density at radius 2 is 1.80 bits per heavy atom. The predicted octanol–water partition coefficient (Wildman–Crippen LogP) is 6.33. The van der Waals surface area contributed by atoms with Gasteiger partial charge >= 0.3 is 6.61 Å². The van der Waals surface area contributed by atoms with E-state index in [9.17, 15) is 13.6 Å². The molecule has 4 nitrogen and oxygen atoms in total. The van der Waals surface area contributed by atoms with Crippen molar-refractivity contribution in [1.82, 2.24) is 0 Å². The molecular weight excluding hydrogens is 408 g/mol. The summed E-state index contributed by atoms with van der Waals surface area (Å²) in [5, 5.41) is 2.85. The van der Waals surface area contributed by atoms with Gasteiger partial charge < -0.3 is 14.8 Å². The van der Waals surface area contributed by atoms with Crippen LogP contribution in [0.3, 0.4) is 0 Å². The van der Waals surface area contributed by atoms with Crippen molar-refractivity contribution in [2.24, 2.45) is 0 Å². The highest BCUT2D eigenvalue weighted by molar-refractivity contribution is 7.99. The summed E-state index contributed by atoms with van der Waals surface area (Å²) >= 11 is 1.58. The van der Waals surface area contributed by atoms with Gasteiger partial charge in [-0.2, -0.15) is 8.78 Å². The molecule has 30 heavy (non-hydrogen) atoms. The number of benzene rings is 3. The molecule has 1 N–H and O–H groups in total. The van der Waals surface area contributed by atoms with Gasteiger partial charge in [0.25, 0.3) is 5.91 Å². The molecule has 1 amide bonds. The molecule has 156 valence electrons. The maximum Gasteiger partial charge on any atom is 0.387 e. The second-order valence-corrected chi connectivity index (χ2v) is 7.51. The van der Waals surface area contributed by atoms with Crippen LogP contribution in [0.2, 0.25) is 0 Å². The molecule has 7 heteroatoms. The van der Waals surface area contributed by atoms with Crippen molar-refractivity contribution in [3.05, 3.63) is 72.3 Å². The second kappa shape index (κ2) is 10.1. The van der Waals surface area contributed by atoms with Gasteiger partial charge in [-0.15, -0.1) is 11.8 Å². The molecule has 0 bridgehead atoms. The number of thioether (sulfide) groups is 1. The molecule has 0 aliphatic rings. The van der Waals surface area contributed by atoms with E-state index in [-0.39, 0.29) is 11.7 Å². The number of carbonyl (C=O) groups is 1. The predicted molar refractivity (Wildman–Crippen MR) is 116 cm³/mol. The number of alkyl halides is 2. The first-order chi connectivity index (χ1) is 14.5. The fourth-order valence-corrected chi connectivity index (χ4v) is 3.74. The van der Waals surface area contributed by atoms with E-state index < -0.39 is 6.61 Å². The third-order valence-corrected chi connectivity index (χ3v) is 5.24. The highest BCUT2D eigenvalue weighted by Crippen LogP contribution is 2.35. The molecule has 3 rings (SSSR count). The lowest BCUT2D eigenvalue weighted by molar-refractivity contribution is -0.0494. The van der Waals surface area contributed by atoms with Crippen molar-refractivity contribution in [2.45, 2.75) is 18.4 Å². The molecule has 0 aliphatic carbocycles. The van der Waals surface area contributed by atoms with Gasteiger partial charge in [0.05, 0.1) is 12.7 Å². The van der Waals surface area contributed by atoms with Gasteiger partial charge in [0, 0.05) is 16.1 Å². The van der Waals surface area contributed by atoms with Crippen LogP contribution < -0.4 is 14.8 Å². The lowest BCUT2D eigenvalue weighted by atomic mass is 10.0. The Morgan fingerprint density at radius 3 is 2.47 bits per heavy atom. The van der Waals surface area contributed by atoms with Crippen LogP contribution in [-0.2, 0) is 0 Å². The smallest absolute Gasteiger partial charge is 0.387 e. The Morgan fingerprint density at radius 1 is 1.07 bits per heavy atom. The van der Waals surface area contributed by atoms with Gasteiger partial charge in [-0.1, -0.05) is 31.2 Å². The zero-order valence-electron chi connectivity index (χ0n) is 16.5. The highest BCUT2D eigenvalue weighted by Gasteiger charge is 2.15. The minimum absolute atomic E-state index is 0.0232. The minimum atomic E-state index is -2.96. The van der Waals surface area contributed by atoms with Gasteiger partial charge in [0.2, 0.25) is 0 Å². The summed E-state index contributed by atoms with van der Waals surface area (Å²) in [6, 6.07) is 18.9. The first-order valence-corrected chi connectivity index (χ1v) is 10.3. The summed E-state index contributed by atoms with van der Waals surface area (Å²) in [6.07, 6.45) is 0. The van der Waals surface area contributed by atoms with E-state index in [0.29, 0.717) is 28.1 Å². The molecular formula is C23H21F2NO3S. The van der Waals surface area contributed by atoms with Gasteiger partial charge in [0.1, 0.15) is 11.5 Å². The topological polar surface area (TPSA) is 47.6 Å². The molecule has 3 aromatic rings. The summed E-state index contributed by atoms with van der Waals surface area (Å²) in [5.74, 6) is 1.24. The molecule has 0 saturated heterocycles. The number of hydrogen-bond donors (Lipinski definition) is 1. The molecule has 0 heterocycles. The molecule has 0 aromatic heterocycles. The number of hydrogen-bond acceptors (Lipinski definition) is 4. The first-order valence-electron chi connectivity index (χ1n) is 9.28. The molecule has 0 saturated carbocycles. The number of rotatable bonds is 8. The van der Waals surface area contributed by atoms with Crippen molar-refractivity contribution in [2.75, 3.05) is 18.2 Å². The molecule has 3 aromatic carbocycles. The Bertz CT molecular complexity index is 1010. The molecule has 0 radical (unpaired) electrons. The van der Waals surface area contributed by atoms with Gasteiger partial charge in [0.15, 0.2) is 0 Å².